The van der Waals surface area contributed by atoms with E-state index in [0.29, 0.717) is 0 Å². The molecule has 0 saturated heterocycles. The monoisotopic (exact) mass is 326 g/mol. The average molecular weight is 326 g/mol. The van der Waals surface area contributed by atoms with E-state index in [4.69, 9.17) is 0 Å². The molecule has 0 saturated carbocycles. The molecule has 3 aromatic carbocycles. The predicted octanol–water partition coefficient (Wildman–Crippen LogP) is 6.28. The molecule has 0 aromatic heterocycles. The molecular formula is C23H19P. The summed E-state index contributed by atoms with van der Waals surface area (Å²) in [6.07, 6.45) is 5.81. The summed E-state index contributed by atoms with van der Waals surface area (Å²) in [4.78, 5) is 0. The molecule has 24 heavy (non-hydrogen) atoms. The molecule has 4 rings (SSSR count). The fourth-order valence-electron chi connectivity index (χ4n) is 3.16. The predicted molar refractivity (Wildman–Crippen MR) is 106 cm³/mol. The van der Waals surface area contributed by atoms with Crippen molar-refractivity contribution in [3.63, 3.8) is 0 Å². The van der Waals surface area contributed by atoms with Gasteiger partial charge in [-0.2, -0.15) is 0 Å². The van der Waals surface area contributed by atoms with Crippen LogP contribution in [0.2, 0.25) is 0 Å². The van der Waals surface area contributed by atoms with Crippen molar-refractivity contribution >= 4 is 23.9 Å². The lowest BCUT2D eigenvalue weighted by Crippen LogP contribution is -2.05. The van der Waals surface area contributed by atoms with E-state index in [-0.39, 0.29) is 0 Å². The Hall–Kier alpha value is -2.43. The molecule has 1 heteroatoms. The van der Waals surface area contributed by atoms with Gasteiger partial charge < -0.3 is 0 Å². The van der Waals surface area contributed by atoms with E-state index < -0.39 is 7.92 Å². The molecule has 0 amide bonds. The second-order valence-corrected chi connectivity index (χ2v) is 7.97. The van der Waals surface area contributed by atoms with E-state index in [1.807, 2.05) is 0 Å². The Morgan fingerprint density at radius 1 is 0.500 bits per heavy atom. The Balaban J connectivity index is 1.85. The van der Waals surface area contributed by atoms with Crippen LogP contribution in [-0.4, -0.2) is 0 Å². The maximum Gasteiger partial charge on any atom is -0.0115 e. The van der Waals surface area contributed by atoms with Gasteiger partial charge >= 0.3 is 0 Å². The minimum atomic E-state index is -0.524. The highest BCUT2D eigenvalue weighted by Crippen LogP contribution is 2.61. The largest absolute Gasteiger partial charge is 0.0717 e. The Labute approximate surface area is 144 Å². The topological polar surface area (TPSA) is 0 Å². The molecule has 1 aliphatic heterocycles. The summed E-state index contributed by atoms with van der Waals surface area (Å²) in [5, 5.41) is 4.36. The fourth-order valence-corrected chi connectivity index (χ4v) is 5.84. The lowest BCUT2D eigenvalue weighted by molar-refractivity contribution is 1.40. The molecule has 0 spiro atoms. The highest BCUT2D eigenvalue weighted by Gasteiger charge is 2.25. The van der Waals surface area contributed by atoms with E-state index in [1.54, 1.807) is 0 Å². The van der Waals surface area contributed by atoms with Gasteiger partial charge in [0, 0.05) is 0 Å². The minimum absolute atomic E-state index is 0.524. The summed E-state index contributed by atoms with van der Waals surface area (Å²) in [5.41, 5.74) is 2.68. The molecule has 1 aliphatic rings. The van der Waals surface area contributed by atoms with E-state index in [1.165, 1.54) is 27.1 Å². The van der Waals surface area contributed by atoms with Crippen LogP contribution >= 0.6 is 7.92 Å². The van der Waals surface area contributed by atoms with Gasteiger partial charge in [-0.3, -0.25) is 0 Å². The van der Waals surface area contributed by atoms with Crippen LogP contribution in [0, 0.1) is 0 Å². The lowest BCUT2D eigenvalue weighted by atomic mass is 10.1. The van der Waals surface area contributed by atoms with E-state index >= 15 is 0 Å². The Bertz CT molecular complexity index is 806. The van der Waals surface area contributed by atoms with Gasteiger partial charge in [0.25, 0.3) is 0 Å². The van der Waals surface area contributed by atoms with Gasteiger partial charge in [0.2, 0.25) is 0 Å². The SMILES string of the molecule is C1=C(c2ccccc2)P(c2ccccc2)C(c2ccccc2)=CC1. The standard InChI is InChI=1S/C23H19P/c1-4-11-19(12-5-1)22-17-10-18-23(20-13-6-2-7-14-20)24(22)21-15-8-3-9-16-21/h1-9,11-18H,10H2. The van der Waals surface area contributed by atoms with Gasteiger partial charge in [0.1, 0.15) is 0 Å². The van der Waals surface area contributed by atoms with Crippen LogP contribution in [0.15, 0.2) is 103 Å². The summed E-state index contributed by atoms with van der Waals surface area (Å²) in [5.74, 6) is 0. The first-order valence-electron chi connectivity index (χ1n) is 8.30. The summed E-state index contributed by atoms with van der Waals surface area (Å²) >= 11 is 0. The van der Waals surface area contributed by atoms with Crippen LogP contribution < -0.4 is 5.30 Å². The van der Waals surface area contributed by atoms with Crippen LogP contribution in [0.3, 0.4) is 0 Å². The quantitative estimate of drug-likeness (QED) is 0.497. The highest BCUT2D eigenvalue weighted by molar-refractivity contribution is 7.84. The van der Waals surface area contributed by atoms with Crippen LogP contribution in [0.25, 0.3) is 10.6 Å². The molecule has 0 radical (unpaired) electrons. The number of allylic oxidation sites excluding steroid dienone is 2. The summed E-state index contributed by atoms with van der Waals surface area (Å²) in [6, 6.07) is 32.6. The Morgan fingerprint density at radius 3 is 1.38 bits per heavy atom. The van der Waals surface area contributed by atoms with Gasteiger partial charge in [-0.15, -0.1) is 0 Å². The molecular weight excluding hydrogens is 307 g/mol. The normalized spacial score (nSPS) is 14.8. The van der Waals surface area contributed by atoms with Crippen molar-refractivity contribution in [1.29, 1.82) is 0 Å². The van der Waals surface area contributed by atoms with Gasteiger partial charge in [-0.1, -0.05) is 103 Å². The van der Waals surface area contributed by atoms with Crippen LogP contribution in [-0.2, 0) is 0 Å². The minimum Gasteiger partial charge on any atom is -0.0717 e. The van der Waals surface area contributed by atoms with Crippen LogP contribution in [0.4, 0.5) is 0 Å². The van der Waals surface area contributed by atoms with Crippen molar-refractivity contribution in [2.45, 2.75) is 6.42 Å². The van der Waals surface area contributed by atoms with Crippen LogP contribution in [0.1, 0.15) is 17.5 Å². The second kappa shape index (κ2) is 6.99. The molecule has 0 aliphatic carbocycles. The molecule has 0 unspecified atom stereocenters. The Kier molecular flexibility index (Phi) is 4.40. The zero-order chi connectivity index (χ0) is 16.2. The van der Waals surface area contributed by atoms with Crippen molar-refractivity contribution in [1.82, 2.24) is 0 Å². The lowest BCUT2D eigenvalue weighted by Gasteiger charge is -2.28. The first-order chi connectivity index (χ1) is 11.9. The first kappa shape index (κ1) is 15.1. The fraction of sp³-hybridized carbons (Fsp3) is 0.0435. The van der Waals surface area contributed by atoms with E-state index in [0.717, 1.165) is 6.42 Å². The molecule has 0 nitrogen and oxygen atoms in total. The van der Waals surface area contributed by atoms with Crippen molar-refractivity contribution in [2.75, 3.05) is 0 Å². The zero-order valence-corrected chi connectivity index (χ0v) is 14.4. The molecule has 0 N–H and O–H groups in total. The summed E-state index contributed by atoms with van der Waals surface area (Å²) < 4.78 is 0. The maximum absolute atomic E-state index is 2.40. The molecule has 1 heterocycles. The average Bonchev–Trinajstić information content (AvgIpc) is 2.69. The van der Waals surface area contributed by atoms with Gasteiger partial charge in [0.05, 0.1) is 0 Å². The zero-order valence-electron chi connectivity index (χ0n) is 13.5. The number of benzene rings is 3. The van der Waals surface area contributed by atoms with Gasteiger partial charge in [-0.25, -0.2) is 0 Å². The summed E-state index contributed by atoms with van der Waals surface area (Å²) in [6.45, 7) is 0. The Morgan fingerprint density at radius 2 is 0.917 bits per heavy atom. The second-order valence-electron chi connectivity index (χ2n) is 5.82. The third-order valence-electron chi connectivity index (χ3n) is 4.26. The smallest absolute Gasteiger partial charge is 0.0115 e. The van der Waals surface area contributed by atoms with E-state index in [9.17, 15) is 0 Å². The number of hydrogen-bond donors (Lipinski definition) is 0. The molecule has 0 bridgehead atoms. The number of rotatable bonds is 3. The molecule has 116 valence electrons. The van der Waals surface area contributed by atoms with Gasteiger partial charge in [0.15, 0.2) is 0 Å². The van der Waals surface area contributed by atoms with Crippen LogP contribution in [0.5, 0.6) is 0 Å². The maximum atomic E-state index is 2.40. The molecule has 0 atom stereocenters. The van der Waals surface area contributed by atoms with Gasteiger partial charge in [-0.05, 0) is 41.4 Å². The summed E-state index contributed by atoms with van der Waals surface area (Å²) in [7, 11) is -0.524. The van der Waals surface area contributed by atoms with Crippen molar-refractivity contribution in [3.8, 4) is 0 Å². The first-order valence-corrected chi connectivity index (χ1v) is 9.64. The third kappa shape index (κ3) is 2.98. The molecule has 0 fully saturated rings. The number of hydrogen-bond acceptors (Lipinski definition) is 0. The highest BCUT2D eigenvalue weighted by atomic mass is 31.1. The third-order valence-corrected chi connectivity index (χ3v) is 6.92. The molecule has 3 aromatic rings. The van der Waals surface area contributed by atoms with Crippen molar-refractivity contribution in [3.05, 3.63) is 114 Å². The van der Waals surface area contributed by atoms with Crippen molar-refractivity contribution < 1.29 is 0 Å². The van der Waals surface area contributed by atoms with Crippen molar-refractivity contribution in [2.24, 2.45) is 0 Å². The van der Waals surface area contributed by atoms with E-state index in [2.05, 4.69) is 103 Å².